The second-order valence-electron chi connectivity index (χ2n) is 14.2. The molecular formula is C45H63N3OS. The van der Waals surface area contributed by atoms with Crippen LogP contribution >= 0.6 is 11.8 Å². The number of anilines is 1. The summed E-state index contributed by atoms with van der Waals surface area (Å²) >= 11 is 1.91. The Kier molecular flexibility index (Phi) is 14.9. The van der Waals surface area contributed by atoms with Crippen LogP contribution < -0.4 is 10.2 Å². The van der Waals surface area contributed by atoms with E-state index in [0.29, 0.717) is 18.2 Å². The van der Waals surface area contributed by atoms with Crippen molar-refractivity contribution in [1.29, 1.82) is 5.41 Å². The summed E-state index contributed by atoms with van der Waals surface area (Å²) in [5.41, 5.74) is 11.6. The molecule has 2 aliphatic heterocycles. The zero-order valence-corrected chi connectivity index (χ0v) is 33.1. The van der Waals surface area contributed by atoms with E-state index in [2.05, 4.69) is 93.3 Å². The molecule has 0 amide bonds. The van der Waals surface area contributed by atoms with E-state index in [-0.39, 0.29) is 18.1 Å². The normalized spacial score (nSPS) is 19.4. The first kappa shape index (κ1) is 39.5. The Labute approximate surface area is 308 Å². The van der Waals surface area contributed by atoms with Gasteiger partial charge in [0.05, 0.1) is 29.8 Å². The van der Waals surface area contributed by atoms with Gasteiger partial charge in [0.15, 0.2) is 0 Å². The molecule has 0 radical (unpaired) electrons. The quantitative estimate of drug-likeness (QED) is 0.0528. The lowest BCUT2D eigenvalue weighted by atomic mass is 9.82. The van der Waals surface area contributed by atoms with E-state index in [9.17, 15) is 0 Å². The molecule has 270 valence electrons. The fourth-order valence-electron chi connectivity index (χ4n) is 8.08. The van der Waals surface area contributed by atoms with Gasteiger partial charge in [0.2, 0.25) is 0 Å². The largest absolute Gasteiger partial charge is 0.499 e. The average Bonchev–Trinajstić information content (AvgIpc) is 3.51. The predicted molar refractivity (Wildman–Crippen MR) is 222 cm³/mol. The van der Waals surface area contributed by atoms with Gasteiger partial charge in [0.25, 0.3) is 0 Å². The maximum atomic E-state index is 8.92. The standard InChI is InChI=1S/C45H63N3OS/c1-11-15-20-38-43-36-21-23-37(24-22-36)48(34(9)41(13-3)47-26-25-33(8)49-14-4)44(43)42(32(7)28-31(6)40(46)27-30(5)12-2)39(45(38)50-10)29-35-18-16-17-19-35/h11-12,15,21-23,25,27-28,34-35,37,41,46-47H,2,7,13-14,16-20,24,26,29H2,1,3-6,8-10H3/b15-11-,30-27-,31-28+,33-25-,46-40?/t34-,37?,41?/m1/s1. The fraction of sp³-hybridized carbons (Fsp3) is 0.489. The number of nitrogens with zero attached hydrogens (tertiary/aromatic N) is 1. The highest BCUT2D eigenvalue weighted by Crippen LogP contribution is 2.51. The highest BCUT2D eigenvalue weighted by molar-refractivity contribution is 7.98. The number of rotatable bonds is 18. The number of nitrogens with one attached hydrogen (secondary N) is 2. The van der Waals surface area contributed by atoms with E-state index in [1.807, 2.05) is 44.7 Å². The molecule has 2 aliphatic carbocycles. The number of hydrogen-bond acceptors (Lipinski definition) is 5. The van der Waals surface area contributed by atoms with Gasteiger partial charge in [-0.15, -0.1) is 11.8 Å². The lowest BCUT2D eigenvalue weighted by Crippen LogP contribution is -2.52. The smallest absolute Gasteiger partial charge is 0.0901 e. The molecule has 2 heterocycles. The monoisotopic (exact) mass is 693 g/mol. The summed E-state index contributed by atoms with van der Waals surface area (Å²) in [6.07, 6.45) is 31.3. The van der Waals surface area contributed by atoms with Crippen LogP contribution in [0.1, 0.15) is 109 Å². The van der Waals surface area contributed by atoms with E-state index in [0.717, 1.165) is 54.7 Å². The lowest BCUT2D eigenvalue weighted by Gasteiger charge is -2.43. The molecule has 1 fully saturated rings. The van der Waals surface area contributed by atoms with Gasteiger partial charge < -0.3 is 20.4 Å². The Morgan fingerprint density at radius 2 is 1.90 bits per heavy atom. The first-order valence-electron chi connectivity index (χ1n) is 18.9. The summed E-state index contributed by atoms with van der Waals surface area (Å²) in [6, 6.07) is 0.719. The highest BCUT2D eigenvalue weighted by atomic mass is 32.2. The Morgan fingerprint density at radius 3 is 2.50 bits per heavy atom. The maximum absolute atomic E-state index is 8.92. The van der Waals surface area contributed by atoms with E-state index < -0.39 is 0 Å². The van der Waals surface area contributed by atoms with Gasteiger partial charge in [-0.1, -0.05) is 82.2 Å². The van der Waals surface area contributed by atoms with E-state index in [1.165, 1.54) is 64.1 Å². The Hall–Kier alpha value is -3.28. The molecule has 1 saturated carbocycles. The van der Waals surface area contributed by atoms with Crippen LogP contribution in [-0.2, 0) is 17.6 Å². The molecular weight excluding hydrogens is 631 g/mol. The van der Waals surface area contributed by atoms with Gasteiger partial charge in [0.1, 0.15) is 0 Å². The zero-order valence-electron chi connectivity index (χ0n) is 32.3. The summed E-state index contributed by atoms with van der Waals surface area (Å²) in [5, 5.41) is 12.8. The second kappa shape index (κ2) is 18.8. The van der Waals surface area contributed by atoms with Gasteiger partial charge in [-0.2, -0.15) is 0 Å². The van der Waals surface area contributed by atoms with Crippen LogP contribution in [0.25, 0.3) is 11.1 Å². The van der Waals surface area contributed by atoms with E-state index >= 15 is 0 Å². The minimum Gasteiger partial charge on any atom is -0.499 e. The van der Waals surface area contributed by atoms with E-state index in [4.69, 9.17) is 16.7 Å². The number of benzene rings is 1. The molecule has 5 heteroatoms. The van der Waals surface area contributed by atoms with Gasteiger partial charge in [-0.05, 0) is 131 Å². The fourth-order valence-corrected chi connectivity index (χ4v) is 8.95. The lowest BCUT2D eigenvalue weighted by molar-refractivity contribution is 0.230. The minimum absolute atomic E-state index is 0.210. The number of thioether (sulfide) groups is 1. The van der Waals surface area contributed by atoms with Crippen molar-refractivity contribution < 1.29 is 4.74 Å². The summed E-state index contributed by atoms with van der Waals surface area (Å²) < 4.78 is 5.74. The molecule has 50 heavy (non-hydrogen) atoms. The van der Waals surface area contributed by atoms with Gasteiger partial charge in [0, 0.05) is 34.7 Å². The van der Waals surface area contributed by atoms with Crippen molar-refractivity contribution >= 4 is 34.3 Å². The van der Waals surface area contributed by atoms with Crippen LogP contribution in [0, 0.1) is 11.3 Å². The number of hydrogen-bond donors (Lipinski definition) is 2. The van der Waals surface area contributed by atoms with Gasteiger partial charge >= 0.3 is 0 Å². The summed E-state index contributed by atoms with van der Waals surface area (Å²) in [6.45, 7) is 25.2. The Morgan fingerprint density at radius 1 is 1.16 bits per heavy atom. The number of fused-ring (bicyclic) bond motifs is 1. The molecule has 4 nitrogen and oxygen atoms in total. The molecule has 0 saturated heterocycles. The predicted octanol–water partition coefficient (Wildman–Crippen LogP) is 11.6. The first-order chi connectivity index (χ1) is 24.1. The van der Waals surface area contributed by atoms with Gasteiger partial charge in [-0.25, -0.2) is 0 Å². The van der Waals surface area contributed by atoms with Crippen molar-refractivity contribution in [2.24, 2.45) is 5.92 Å². The topological polar surface area (TPSA) is 48.4 Å². The molecule has 3 atom stereocenters. The van der Waals surface area contributed by atoms with Crippen LogP contribution in [0.15, 0.2) is 89.6 Å². The van der Waals surface area contributed by atoms with Gasteiger partial charge in [-0.3, -0.25) is 0 Å². The van der Waals surface area contributed by atoms with Crippen LogP contribution in [-0.4, -0.2) is 43.2 Å². The van der Waals surface area contributed by atoms with Crippen molar-refractivity contribution in [2.75, 3.05) is 24.3 Å². The van der Waals surface area contributed by atoms with Crippen LogP contribution in [0.4, 0.5) is 5.69 Å². The molecule has 0 aromatic heterocycles. The third-order valence-electron chi connectivity index (χ3n) is 10.8. The molecule has 2 bridgehead atoms. The highest BCUT2D eigenvalue weighted by Gasteiger charge is 2.38. The summed E-state index contributed by atoms with van der Waals surface area (Å²) in [4.78, 5) is 4.17. The van der Waals surface area contributed by atoms with Crippen LogP contribution in [0.5, 0.6) is 0 Å². The van der Waals surface area contributed by atoms with Crippen molar-refractivity contribution in [3.8, 4) is 0 Å². The van der Waals surface area contributed by atoms with Crippen molar-refractivity contribution in [1.82, 2.24) is 5.32 Å². The molecule has 2 unspecified atom stereocenters. The van der Waals surface area contributed by atoms with Crippen molar-refractivity contribution in [3.05, 3.63) is 107 Å². The molecule has 0 spiro atoms. The molecule has 5 rings (SSSR count). The second-order valence-corrected chi connectivity index (χ2v) is 15.0. The maximum Gasteiger partial charge on any atom is 0.0901 e. The Balaban J connectivity index is 2.02. The zero-order chi connectivity index (χ0) is 36.4. The summed E-state index contributed by atoms with van der Waals surface area (Å²) in [5.74, 6) is 1.65. The molecule has 1 aromatic carbocycles. The average molecular weight is 694 g/mol. The first-order valence-corrected chi connectivity index (χ1v) is 20.2. The molecule has 1 aromatic rings. The third kappa shape index (κ3) is 9.14. The van der Waals surface area contributed by atoms with E-state index in [1.54, 1.807) is 0 Å². The number of ether oxygens (including phenoxy) is 1. The van der Waals surface area contributed by atoms with Crippen molar-refractivity contribution in [2.45, 2.75) is 123 Å². The summed E-state index contributed by atoms with van der Waals surface area (Å²) in [7, 11) is 0. The minimum atomic E-state index is 0.210. The Bertz CT molecular complexity index is 1600. The molecule has 2 N–H and O–H groups in total. The van der Waals surface area contributed by atoms with Crippen LogP contribution in [0.2, 0.25) is 0 Å². The SMILES string of the molecule is C=C/C(C)=C\C(=N)/C(C)=C/C(=C)c1c(CC2CCCC2)c(SC)c(C/C=C\C)c2c1N([C@H](C)C(CC)NC/C=C(/C)OCC)C1C=CC2=CC1. The number of allylic oxidation sites excluding steroid dienone is 11. The van der Waals surface area contributed by atoms with Crippen molar-refractivity contribution in [3.63, 3.8) is 0 Å². The molecule has 4 aliphatic rings. The third-order valence-corrected chi connectivity index (χ3v) is 11.7. The van der Waals surface area contributed by atoms with Crippen LogP contribution in [0.3, 0.4) is 0 Å².